The van der Waals surface area contributed by atoms with Gasteiger partial charge in [0.25, 0.3) is 0 Å². The van der Waals surface area contributed by atoms with Crippen molar-refractivity contribution in [1.82, 2.24) is 9.97 Å². The van der Waals surface area contributed by atoms with E-state index in [-0.39, 0.29) is 0 Å². The molecule has 0 bridgehead atoms. The molecule has 0 atom stereocenters. The van der Waals surface area contributed by atoms with Crippen LogP contribution < -0.4 is 0 Å². The Labute approximate surface area is 212 Å². The largest absolute Gasteiger partial charge is 0.456 e. The van der Waals surface area contributed by atoms with Crippen molar-refractivity contribution in [3.8, 4) is 22.5 Å². The molecule has 0 N–H and O–H groups in total. The molecular weight excluding hydrogens is 452 g/mol. The highest BCUT2D eigenvalue weighted by molar-refractivity contribution is 6.18. The first kappa shape index (κ1) is 20.2. The van der Waals surface area contributed by atoms with Crippen LogP contribution in [0.1, 0.15) is 0 Å². The highest BCUT2D eigenvalue weighted by Crippen LogP contribution is 2.39. The molecular formula is C34H20N2O. The Bertz CT molecular complexity index is 2130. The molecule has 0 radical (unpaired) electrons. The van der Waals surface area contributed by atoms with Crippen molar-refractivity contribution in [2.24, 2.45) is 0 Å². The summed E-state index contributed by atoms with van der Waals surface area (Å²) in [6, 6.07) is 40.0. The van der Waals surface area contributed by atoms with Crippen LogP contribution in [0.5, 0.6) is 0 Å². The zero-order chi connectivity index (χ0) is 24.3. The van der Waals surface area contributed by atoms with Gasteiger partial charge in [0, 0.05) is 44.3 Å². The summed E-state index contributed by atoms with van der Waals surface area (Å²) in [6.45, 7) is 0. The lowest BCUT2D eigenvalue weighted by molar-refractivity contribution is 0.669. The fourth-order valence-electron chi connectivity index (χ4n) is 5.53. The van der Waals surface area contributed by atoms with E-state index in [4.69, 9.17) is 14.4 Å². The molecule has 5 aromatic carbocycles. The first-order chi connectivity index (χ1) is 18.3. The summed E-state index contributed by atoms with van der Waals surface area (Å²) >= 11 is 0. The molecule has 0 aliphatic carbocycles. The number of rotatable bonds is 2. The van der Waals surface area contributed by atoms with E-state index in [1.165, 1.54) is 10.8 Å². The predicted molar refractivity (Wildman–Crippen MR) is 153 cm³/mol. The zero-order valence-corrected chi connectivity index (χ0v) is 19.8. The molecule has 0 aliphatic heterocycles. The predicted octanol–water partition coefficient (Wildman–Crippen LogP) is 9.17. The van der Waals surface area contributed by atoms with Crippen LogP contribution in [0, 0.1) is 0 Å². The van der Waals surface area contributed by atoms with Crippen molar-refractivity contribution < 1.29 is 4.42 Å². The zero-order valence-electron chi connectivity index (χ0n) is 19.8. The molecule has 37 heavy (non-hydrogen) atoms. The average molecular weight is 473 g/mol. The van der Waals surface area contributed by atoms with Gasteiger partial charge in [-0.1, -0.05) is 84.9 Å². The summed E-state index contributed by atoms with van der Waals surface area (Å²) in [5, 5.41) is 8.01. The number of hydrogen-bond donors (Lipinski definition) is 0. The number of benzene rings is 5. The number of hydrogen-bond acceptors (Lipinski definition) is 3. The second-order valence-corrected chi connectivity index (χ2v) is 9.43. The minimum absolute atomic E-state index is 0.878. The maximum absolute atomic E-state index is 6.25. The Hall–Kier alpha value is -5.02. The third-order valence-corrected chi connectivity index (χ3v) is 7.30. The summed E-state index contributed by atoms with van der Waals surface area (Å²) < 4.78 is 6.25. The average Bonchev–Trinajstić information content (AvgIpc) is 3.33. The fraction of sp³-hybridized carbons (Fsp3) is 0. The van der Waals surface area contributed by atoms with E-state index in [0.717, 1.165) is 66.1 Å². The second-order valence-electron chi connectivity index (χ2n) is 9.43. The van der Waals surface area contributed by atoms with Crippen LogP contribution >= 0.6 is 0 Å². The number of aromatic nitrogens is 2. The standard InChI is InChI=1S/C34H20N2O/c1-2-8-24-21(7-1)17-18-35-33(24)22-13-15-23(16-14-22)34-29-20-32-28(26-10-4-6-12-31(26)37-32)19-27(29)25-9-3-5-11-30(25)36-34/h1-20H. The van der Waals surface area contributed by atoms with Gasteiger partial charge in [0.05, 0.1) is 16.9 Å². The van der Waals surface area contributed by atoms with Gasteiger partial charge in [-0.2, -0.15) is 0 Å². The van der Waals surface area contributed by atoms with Crippen LogP contribution in [0.4, 0.5) is 0 Å². The van der Waals surface area contributed by atoms with Crippen molar-refractivity contribution in [2.75, 3.05) is 0 Å². The Kier molecular flexibility index (Phi) is 4.23. The van der Waals surface area contributed by atoms with Gasteiger partial charge in [-0.3, -0.25) is 4.98 Å². The number of pyridine rings is 2. The van der Waals surface area contributed by atoms with Crippen molar-refractivity contribution >= 4 is 54.4 Å². The van der Waals surface area contributed by atoms with Crippen molar-refractivity contribution in [3.63, 3.8) is 0 Å². The van der Waals surface area contributed by atoms with E-state index in [2.05, 4.69) is 97.1 Å². The van der Waals surface area contributed by atoms with Gasteiger partial charge in [0.15, 0.2) is 0 Å². The number of nitrogens with zero attached hydrogens (tertiary/aromatic N) is 2. The van der Waals surface area contributed by atoms with Crippen LogP contribution in [0.3, 0.4) is 0 Å². The molecule has 0 amide bonds. The highest BCUT2D eigenvalue weighted by Gasteiger charge is 2.15. The van der Waals surface area contributed by atoms with Gasteiger partial charge in [0.1, 0.15) is 11.2 Å². The molecule has 3 nitrogen and oxygen atoms in total. The third kappa shape index (κ3) is 3.08. The van der Waals surface area contributed by atoms with Gasteiger partial charge >= 0.3 is 0 Å². The first-order valence-electron chi connectivity index (χ1n) is 12.4. The molecule has 3 aromatic heterocycles. The topological polar surface area (TPSA) is 38.9 Å². The molecule has 8 rings (SSSR count). The molecule has 0 aliphatic rings. The number of furan rings is 1. The molecule has 8 aromatic rings. The molecule has 3 heterocycles. The molecule has 0 spiro atoms. The summed E-state index contributed by atoms with van der Waals surface area (Å²) in [6.07, 6.45) is 1.88. The SMILES string of the molecule is c1ccc2c(-c3ccc(-c4nc5ccccc5c5cc6c(cc45)oc4ccccc46)cc3)nccc2c1. The molecule has 0 saturated heterocycles. The lowest BCUT2D eigenvalue weighted by Crippen LogP contribution is -1.91. The molecule has 0 fully saturated rings. The van der Waals surface area contributed by atoms with E-state index < -0.39 is 0 Å². The molecule has 172 valence electrons. The van der Waals surface area contributed by atoms with Gasteiger partial charge in [-0.25, -0.2) is 4.98 Å². The molecule has 3 heteroatoms. The maximum atomic E-state index is 6.25. The quantitative estimate of drug-likeness (QED) is 0.235. The van der Waals surface area contributed by atoms with E-state index in [1.807, 2.05) is 24.4 Å². The lowest BCUT2D eigenvalue weighted by Gasteiger charge is -2.11. The minimum atomic E-state index is 0.878. The lowest BCUT2D eigenvalue weighted by atomic mass is 9.97. The Balaban J connectivity index is 1.37. The van der Waals surface area contributed by atoms with Gasteiger partial charge < -0.3 is 4.42 Å². The minimum Gasteiger partial charge on any atom is -0.456 e. The Morgan fingerprint density at radius 2 is 1.16 bits per heavy atom. The van der Waals surface area contributed by atoms with Gasteiger partial charge in [0.2, 0.25) is 0 Å². The van der Waals surface area contributed by atoms with Crippen molar-refractivity contribution in [3.05, 3.63) is 121 Å². The van der Waals surface area contributed by atoms with E-state index in [9.17, 15) is 0 Å². The summed E-state index contributed by atoms with van der Waals surface area (Å²) in [5.41, 5.74) is 6.86. The van der Waals surface area contributed by atoms with Crippen molar-refractivity contribution in [2.45, 2.75) is 0 Å². The van der Waals surface area contributed by atoms with Gasteiger partial charge in [-0.05, 0) is 41.1 Å². The summed E-state index contributed by atoms with van der Waals surface area (Å²) in [4.78, 5) is 9.83. The normalized spacial score (nSPS) is 11.8. The number of para-hydroxylation sites is 2. The monoisotopic (exact) mass is 472 g/mol. The molecule has 0 unspecified atom stereocenters. The van der Waals surface area contributed by atoms with E-state index in [1.54, 1.807) is 0 Å². The Morgan fingerprint density at radius 3 is 2.03 bits per heavy atom. The maximum Gasteiger partial charge on any atom is 0.136 e. The van der Waals surface area contributed by atoms with E-state index >= 15 is 0 Å². The smallest absolute Gasteiger partial charge is 0.136 e. The third-order valence-electron chi connectivity index (χ3n) is 7.30. The highest BCUT2D eigenvalue weighted by atomic mass is 16.3. The van der Waals surface area contributed by atoms with Crippen LogP contribution in [0.2, 0.25) is 0 Å². The van der Waals surface area contributed by atoms with Crippen LogP contribution in [0.15, 0.2) is 126 Å². The first-order valence-corrected chi connectivity index (χ1v) is 12.4. The Morgan fingerprint density at radius 1 is 0.459 bits per heavy atom. The molecule has 0 saturated carbocycles. The van der Waals surface area contributed by atoms with Crippen LogP contribution in [-0.4, -0.2) is 9.97 Å². The second kappa shape index (κ2) is 7.74. The van der Waals surface area contributed by atoms with Gasteiger partial charge in [-0.15, -0.1) is 0 Å². The fourth-order valence-corrected chi connectivity index (χ4v) is 5.53. The van der Waals surface area contributed by atoms with Crippen molar-refractivity contribution in [1.29, 1.82) is 0 Å². The summed E-state index contributed by atoms with van der Waals surface area (Å²) in [5.74, 6) is 0. The summed E-state index contributed by atoms with van der Waals surface area (Å²) in [7, 11) is 0. The van der Waals surface area contributed by atoms with Crippen LogP contribution in [-0.2, 0) is 0 Å². The van der Waals surface area contributed by atoms with E-state index in [0.29, 0.717) is 0 Å². The number of fused-ring (bicyclic) bond motifs is 7. The van der Waals surface area contributed by atoms with Crippen LogP contribution in [0.25, 0.3) is 76.9 Å².